The smallest absolute Gasteiger partial charge is 0.305 e. The summed E-state index contributed by atoms with van der Waals surface area (Å²) in [5.74, 6) is -1.18. The zero-order valence-corrected chi connectivity index (χ0v) is 11.5. The Hall–Kier alpha value is -1.75. The van der Waals surface area contributed by atoms with Crippen molar-refractivity contribution in [1.82, 2.24) is 0 Å². The summed E-state index contributed by atoms with van der Waals surface area (Å²) < 4.78 is 13.7. The second-order valence-corrected chi connectivity index (χ2v) is 5.06. The van der Waals surface area contributed by atoms with Gasteiger partial charge in [0.05, 0.1) is 1.37 Å². The maximum absolute atomic E-state index is 11.5. The fourth-order valence-corrected chi connectivity index (χ4v) is 2.55. The molecule has 0 spiro atoms. The first kappa shape index (κ1) is 13.2. The van der Waals surface area contributed by atoms with Crippen LogP contribution in [0.4, 0.5) is 0 Å². The molecule has 3 atom stereocenters. The number of aromatic hydroxyl groups is 2. The molecule has 1 saturated carbocycles. The molecule has 110 valence electrons. The topological polar surface area (TPSA) is 92.8 Å². The van der Waals surface area contributed by atoms with Crippen molar-refractivity contribution in [2.45, 2.75) is 50.6 Å². The van der Waals surface area contributed by atoms with E-state index in [1.54, 1.807) is 13.0 Å². The van der Waals surface area contributed by atoms with Crippen molar-refractivity contribution in [3.05, 3.63) is 23.8 Å². The van der Waals surface area contributed by atoms with Crippen LogP contribution in [0.5, 0.6) is 11.5 Å². The summed E-state index contributed by atoms with van der Waals surface area (Å²) in [6, 6.07) is 2.98. The summed E-state index contributed by atoms with van der Waals surface area (Å²) in [6.07, 6.45) is 1.60. The second kappa shape index (κ2) is 6.13. The van der Waals surface area contributed by atoms with Crippen LogP contribution in [0.15, 0.2) is 18.2 Å². The van der Waals surface area contributed by atoms with E-state index < -0.39 is 12.1 Å². The van der Waals surface area contributed by atoms with Gasteiger partial charge in [0.2, 0.25) is 0 Å². The van der Waals surface area contributed by atoms with E-state index in [1.807, 2.05) is 0 Å². The molecule has 20 heavy (non-hydrogen) atoms. The molecule has 4 N–H and O–H groups in total. The van der Waals surface area contributed by atoms with Gasteiger partial charge in [-0.05, 0) is 37.0 Å². The van der Waals surface area contributed by atoms with Gasteiger partial charge < -0.3 is 20.7 Å². The standard InChI is InChI=1S/C15H21NO4/c1-2-14(19)20-13-5-3-4-10(15(13)16)9-6-7-11(17)12(18)8-9/h6-8,10,13,15,17-18H,2-5,16H2,1H3/i15D. The molecular formula is C15H21NO4. The lowest BCUT2D eigenvalue weighted by atomic mass is 9.78. The summed E-state index contributed by atoms with van der Waals surface area (Å²) in [7, 11) is 0. The molecule has 0 aromatic heterocycles. The molecule has 1 aliphatic rings. The largest absolute Gasteiger partial charge is 0.504 e. The van der Waals surface area contributed by atoms with E-state index in [4.69, 9.17) is 11.8 Å². The molecule has 0 heterocycles. The number of benzene rings is 1. The van der Waals surface area contributed by atoms with E-state index in [2.05, 4.69) is 0 Å². The van der Waals surface area contributed by atoms with Crippen molar-refractivity contribution < 1.29 is 21.1 Å². The van der Waals surface area contributed by atoms with Gasteiger partial charge >= 0.3 is 5.97 Å². The molecule has 0 aliphatic heterocycles. The number of ether oxygens (including phenoxy) is 1. The number of rotatable bonds is 3. The number of carbonyl (C=O) groups excluding carboxylic acids is 1. The molecule has 1 aromatic rings. The van der Waals surface area contributed by atoms with E-state index in [1.165, 1.54) is 12.1 Å². The summed E-state index contributed by atoms with van der Waals surface area (Å²) in [6.45, 7) is 1.70. The van der Waals surface area contributed by atoms with Crippen LogP contribution in [0.2, 0.25) is 0 Å². The Morgan fingerprint density at radius 3 is 2.85 bits per heavy atom. The molecule has 2 rings (SSSR count). The third kappa shape index (κ3) is 3.04. The lowest BCUT2D eigenvalue weighted by molar-refractivity contribution is -0.151. The Morgan fingerprint density at radius 1 is 1.45 bits per heavy atom. The van der Waals surface area contributed by atoms with Crippen LogP contribution in [0.25, 0.3) is 0 Å². The van der Waals surface area contributed by atoms with Crippen LogP contribution in [-0.2, 0) is 9.53 Å². The Balaban J connectivity index is 2.26. The summed E-state index contributed by atoms with van der Waals surface area (Å²) in [5, 5.41) is 19.0. The van der Waals surface area contributed by atoms with Gasteiger partial charge in [-0.1, -0.05) is 13.0 Å². The van der Waals surface area contributed by atoms with Crippen LogP contribution in [0.3, 0.4) is 0 Å². The first-order valence-corrected chi connectivity index (χ1v) is 6.86. The van der Waals surface area contributed by atoms with Crippen LogP contribution < -0.4 is 5.73 Å². The fraction of sp³-hybridized carbons (Fsp3) is 0.533. The van der Waals surface area contributed by atoms with Crippen molar-refractivity contribution in [1.29, 1.82) is 0 Å². The lowest BCUT2D eigenvalue weighted by Gasteiger charge is -2.35. The number of esters is 1. The Bertz CT molecular complexity index is 532. The second-order valence-electron chi connectivity index (χ2n) is 5.06. The number of nitrogens with two attached hydrogens (primary N) is 1. The third-order valence-corrected chi connectivity index (χ3v) is 3.70. The van der Waals surface area contributed by atoms with Gasteiger partial charge in [0.1, 0.15) is 6.10 Å². The predicted octanol–water partition coefficient (Wildman–Crippen LogP) is 2.01. The summed E-state index contributed by atoms with van der Waals surface area (Å²) >= 11 is 0. The molecule has 1 aromatic carbocycles. The van der Waals surface area contributed by atoms with Crippen molar-refractivity contribution in [3.8, 4) is 11.5 Å². The molecule has 0 radical (unpaired) electrons. The van der Waals surface area contributed by atoms with Crippen molar-refractivity contribution in [2.24, 2.45) is 5.73 Å². The van der Waals surface area contributed by atoms with Crippen molar-refractivity contribution in [3.63, 3.8) is 0 Å². The zero-order valence-electron chi connectivity index (χ0n) is 12.5. The monoisotopic (exact) mass is 280 g/mol. The number of phenolic OH excluding ortho intramolecular Hbond substituents is 2. The van der Waals surface area contributed by atoms with Gasteiger partial charge in [-0.3, -0.25) is 4.79 Å². The Labute approximate surface area is 119 Å². The lowest BCUT2D eigenvalue weighted by Crippen LogP contribution is -2.45. The van der Waals surface area contributed by atoms with E-state index in [0.717, 1.165) is 6.42 Å². The molecule has 3 unspecified atom stereocenters. The van der Waals surface area contributed by atoms with E-state index in [9.17, 15) is 15.0 Å². The quantitative estimate of drug-likeness (QED) is 0.582. The van der Waals surface area contributed by atoms with Gasteiger partial charge in [0.15, 0.2) is 11.5 Å². The fourth-order valence-electron chi connectivity index (χ4n) is 2.55. The van der Waals surface area contributed by atoms with Crippen LogP contribution in [0.1, 0.15) is 45.5 Å². The molecule has 0 saturated heterocycles. The van der Waals surface area contributed by atoms with Crippen LogP contribution >= 0.6 is 0 Å². The van der Waals surface area contributed by atoms with Crippen LogP contribution in [0, 0.1) is 0 Å². The Morgan fingerprint density at radius 2 is 2.20 bits per heavy atom. The summed E-state index contributed by atoms with van der Waals surface area (Å²) in [5.41, 5.74) is 6.80. The number of phenols is 2. The van der Waals surface area contributed by atoms with E-state index >= 15 is 0 Å². The molecule has 1 aliphatic carbocycles. The van der Waals surface area contributed by atoms with E-state index in [0.29, 0.717) is 18.4 Å². The summed E-state index contributed by atoms with van der Waals surface area (Å²) in [4.78, 5) is 11.5. The van der Waals surface area contributed by atoms with Gasteiger partial charge in [-0.2, -0.15) is 0 Å². The highest BCUT2D eigenvalue weighted by Gasteiger charge is 2.34. The maximum atomic E-state index is 11.5. The number of carbonyl (C=O) groups is 1. The number of hydrogen-bond acceptors (Lipinski definition) is 5. The molecule has 1 fully saturated rings. The van der Waals surface area contributed by atoms with Crippen molar-refractivity contribution >= 4 is 5.97 Å². The molecule has 0 bridgehead atoms. The predicted molar refractivity (Wildman–Crippen MR) is 74.5 cm³/mol. The average molecular weight is 280 g/mol. The average Bonchev–Trinajstić information content (AvgIpc) is 2.44. The minimum absolute atomic E-state index is 0.212. The van der Waals surface area contributed by atoms with Gasteiger partial charge in [0, 0.05) is 18.4 Å². The zero-order chi connectivity index (χ0) is 15.6. The van der Waals surface area contributed by atoms with E-state index in [-0.39, 0.29) is 29.8 Å². The molecule has 0 amide bonds. The van der Waals surface area contributed by atoms with Crippen molar-refractivity contribution in [2.75, 3.05) is 0 Å². The highest BCUT2D eigenvalue weighted by atomic mass is 16.5. The Kier molecular flexibility index (Phi) is 4.06. The minimum atomic E-state index is -1.45. The van der Waals surface area contributed by atoms with Gasteiger partial charge in [-0.25, -0.2) is 0 Å². The third-order valence-electron chi connectivity index (χ3n) is 3.70. The van der Waals surface area contributed by atoms with Gasteiger partial charge in [0.25, 0.3) is 0 Å². The first-order chi connectivity index (χ1) is 9.86. The normalized spacial score (nSPS) is 30.6. The molecular weight excluding hydrogens is 258 g/mol. The SMILES string of the molecule is [2H]C1(N)C(OC(=O)CC)CCCC1c1ccc(O)c(O)c1. The highest BCUT2D eigenvalue weighted by molar-refractivity contribution is 5.69. The molecule has 5 heteroatoms. The van der Waals surface area contributed by atoms with Crippen LogP contribution in [-0.4, -0.2) is 28.3 Å². The maximum Gasteiger partial charge on any atom is 0.305 e. The molecule has 5 nitrogen and oxygen atoms in total. The van der Waals surface area contributed by atoms with Gasteiger partial charge in [-0.15, -0.1) is 0 Å². The first-order valence-electron chi connectivity index (χ1n) is 7.36. The highest BCUT2D eigenvalue weighted by Crippen LogP contribution is 2.37. The minimum Gasteiger partial charge on any atom is -0.504 e. The number of hydrogen-bond donors (Lipinski definition) is 3.